The number of benzene rings is 1. The standard InChI is InChI=1S/C20H28N2O3/c1-15(23)22-11-8-19(18-5-3-2-4-16(18)14-22)21-17-6-9-20(10-7-17)24-12-13-25-20/h2-5,17,19,21H,6-14H2,1H3. The van der Waals surface area contributed by atoms with Crippen LogP contribution in [0.5, 0.6) is 0 Å². The molecule has 5 heteroatoms. The van der Waals surface area contributed by atoms with Crippen LogP contribution in [0.4, 0.5) is 0 Å². The second-order valence-corrected chi connectivity index (χ2v) is 7.53. The average molecular weight is 344 g/mol. The van der Waals surface area contributed by atoms with Gasteiger partial charge in [0.2, 0.25) is 5.91 Å². The smallest absolute Gasteiger partial charge is 0.219 e. The molecule has 0 radical (unpaired) electrons. The molecule has 1 aliphatic carbocycles. The first-order chi connectivity index (χ1) is 12.2. The number of amides is 1. The van der Waals surface area contributed by atoms with E-state index in [1.54, 1.807) is 6.92 Å². The normalized spacial score (nSPS) is 26.4. The lowest BCUT2D eigenvalue weighted by atomic mass is 9.88. The topological polar surface area (TPSA) is 50.8 Å². The van der Waals surface area contributed by atoms with Crippen molar-refractivity contribution in [1.29, 1.82) is 0 Å². The Morgan fingerprint density at radius 3 is 2.60 bits per heavy atom. The van der Waals surface area contributed by atoms with Gasteiger partial charge in [0.1, 0.15) is 0 Å². The molecule has 3 aliphatic rings. The van der Waals surface area contributed by atoms with Crippen LogP contribution in [0.2, 0.25) is 0 Å². The van der Waals surface area contributed by atoms with Gasteiger partial charge in [-0.05, 0) is 30.4 Å². The van der Waals surface area contributed by atoms with Crippen molar-refractivity contribution in [1.82, 2.24) is 10.2 Å². The SMILES string of the molecule is CC(=O)N1CCC(NC2CCC3(CC2)OCCO3)c2ccccc2C1. The number of rotatable bonds is 2. The third-order valence-corrected chi connectivity index (χ3v) is 5.92. The number of nitrogens with one attached hydrogen (secondary N) is 1. The van der Waals surface area contributed by atoms with E-state index in [9.17, 15) is 4.79 Å². The number of carbonyl (C=O) groups excluding carboxylic acids is 1. The van der Waals surface area contributed by atoms with E-state index in [1.807, 2.05) is 4.90 Å². The van der Waals surface area contributed by atoms with Gasteiger partial charge < -0.3 is 19.7 Å². The monoisotopic (exact) mass is 344 g/mol. The molecule has 2 fully saturated rings. The van der Waals surface area contributed by atoms with Crippen molar-refractivity contribution in [3.05, 3.63) is 35.4 Å². The quantitative estimate of drug-likeness (QED) is 0.896. The van der Waals surface area contributed by atoms with Gasteiger partial charge in [-0.3, -0.25) is 4.79 Å². The molecule has 1 unspecified atom stereocenters. The molecule has 1 spiro atoms. The van der Waals surface area contributed by atoms with E-state index in [1.165, 1.54) is 11.1 Å². The number of fused-ring (bicyclic) bond motifs is 1. The number of carbonyl (C=O) groups is 1. The first-order valence-electron chi connectivity index (χ1n) is 9.52. The lowest BCUT2D eigenvalue weighted by Crippen LogP contribution is -2.43. The fraction of sp³-hybridized carbons (Fsp3) is 0.650. The Bertz CT molecular complexity index is 617. The van der Waals surface area contributed by atoms with Crippen LogP contribution in [0.3, 0.4) is 0 Å². The predicted molar refractivity (Wildman–Crippen MR) is 94.9 cm³/mol. The average Bonchev–Trinajstić information content (AvgIpc) is 2.99. The molecule has 1 aromatic rings. The summed E-state index contributed by atoms with van der Waals surface area (Å²) in [7, 11) is 0. The number of hydrogen-bond donors (Lipinski definition) is 1. The summed E-state index contributed by atoms with van der Waals surface area (Å²) < 4.78 is 11.7. The van der Waals surface area contributed by atoms with Crippen LogP contribution in [0, 0.1) is 0 Å². The molecule has 136 valence electrons. The summed E-state index contributed by atoms with van der Waals surface area (Å²) in [6.07, 6.45) is 5.06. The van der Waals surface area contributed by atoms with E-state index in [0.717, 1.165) is 58.4 Å². The van der Waals surface area contributed by atoms with Gasteiger partial charge in [0.05, 0.1) is 13.2 Å². The lowest BCUT2D eigenvalue weighted by molar-refractivity contribution is -0.179. The van der Waals surface area contributed by atoms with Gasteiger partial charge in [0, 0.05) is 44.9 Å². The van der Waals surface area contributed by atoms with Crippen LogP contribution in [-0.4, -0.2) is 42.4 Å². The fourth-order valence-corrected chi connectivity index (χ4v) is 4.48. The highest BCUT2D eigenvalue weighted by molar-refractivity contribution is 5.73. The molecule has 1 N–H and O–H groups in total. The molecule has 0 bridgehead atoms. The third-order valence-electron chi connectivity index (χ3n) is 5.92. The Hall–Kier alpha value is -1.43. The summed E-state index contributed by atoms with van der Waals surface area (Å²) in [6.45, 7) is 4.66. The minimum atomic E-state index is -0.301. The van der Waals surface area contributed by atoms with Crippen LogP contribution in [0.1, 0.15) is 56.2 Å². The van der Waals surface area contributed by atoms with Crippen molar-refractivity contribution < 1.29 is 14.3 Å². The van der Waals surface area contributed by atoms with Crippen LogP contribution in [-0.2, 0) is 20.8 Å². The molecular weight excluding hydrogens is 316 g/mol. The Morgan fingerprint density at radius 1 is 1.16 bits per heavy atom. The minimum absolute atomic E-state index is 0.158. The first kappa shape index (κ1) is 17.0. The van der Waals surface area contributed by atoms with Gasteiger partial charge in [-0.1, -0.05) is 24.3 Å². The lowest BCUT2D eigenvalue weighted by Gasteiger charge is -2.37. The summed E-state index contributed by atoms with van der Waals surface area (Å²) in [4.78, 5) is 13.8. The molecule has 1 atom stereocenters. The Morgan fingerprint density at radius 2 is 1.88 bits per heavy atom. The number of nitrogens with zero attached hydrogens (tertiary/aromatic N) is 1. The maximum Gasteiger partial charge on any atom is 0.219 e. The molecule has 1 saturated carbocycles. The van der Waals surface area contributed by atoms with Crippen LogP contribution in [0.15, 0.2) is 24.3 Å². The van der Waals surface area contributed by atoms with Crippen molar-refractivity contribution in [3.63, 3.8) is 0 Å². The summed E-state index contributed by atoms with van der Waals surface area (Å²) in [6, 6.07) is 9.34. The van der Waals surface area contributed by atoms with E-state index < -0.39 is 0 Å². The summed E-state index contributed by atoms with van der Waals surface area (Å²) in [5.41, 5.74) is 2.61. The van der Waals surface area contributed by atoms with E-state index in [0.29, 0.717) is 12.1 Å². The molecule has 0 aromatic heterocycles. The Balaban J connectivity index is 1.44. The summed E-state index contributed by atoms with van der Waals surface area (Å²) in [5.74, 6) is -0.143. The molecule has 1 saturated heterocycles. The van der Waals surface area contributed by atoms with E-state index in [2.05, 4.69) is 29.6 Å². The molecule has 1 amide bonds. The fourth-order valence-electron chi connectivity index (χ4n) is 4.48. The number of hydrogen-bond acceptors (Lipinski definition) is 4. The molecule has 1 aromatic carbocycles. The highest BCUT2D eigenvalue weighted by Gasteiger charge is 2.40. The van der Waals surface area contributed by atoms with Crippen molar-refractivity contribution in [2.24, 2.45) is 0 Å². The van der Waals surface area contributed by atoms with Gasteiger partial charge in [-0.15, -0.1) is 0 Å². The van der Waals surface area contributed by atoms with Crippen molar-refractivity contribution in [2.75, 3.05) is 19.8 Å². The zero-order valence-corrected chi connectivity index (χ0v) is 15.0. The van der Waals surface area contributed by atoms with E-state index in [4.69, 9.17) is 9.47 Å². The van der Waals surface area contributed by atoms with Gasteiger partial charge in [-0.2, -0.15) is 0 Å². The van der Waals surface area contributed by atoms with E-state index in [-0.39, 0.29) is 11.7 Å². The number of ether oxygens (including phenoxy) is 2. The molecule has 25 heavy (non-hydrogen) atoms. The van der Waals surface area contributed by atoms with Crippen LogP contribution < -0.4 is 5.32 Å². The first-order valence-corrected chi connectivity index (χ1v) is 9.52. The van der Waals surface area contributed by atoms with Gasteiger partial charge in [0.25, 0.3) is 0 Å². The van der Waals surface area contributed by atoms with Crippen LogP contribution >= 0.6 is 0 Å². The molecule has 2 heterocycles. The zero-order chi connectivity index (χ0) is 17.3. The van der Waals surface area contributed by atoms with Crippen LogP contribution in [0.25, 0.3) is 0 Å². The second-order valence-electron chi connectivity index (χ2n) is 7.53. The molecule has 5 nitrogen and oxygen atoms in total. The molecule has 2 aliphatic heterocycles. The maximum absolute atomic E-state index is 11.9. The van der Waals surface area contributed by atoms with Gasteiger partial charge in [-0.25, -0.2) is 0 Å². The molecule has 4 rings (SSSR count). The van der Waals surface area contributed by atoms with Gasteiger partial charge >= 0.3 is 0 Å². The zero-order valence-electron chi connectivity index (χ0n) is 15.0. The summed E-state index contributed by atoms with van der Waals surface area (Å²) >= 11 is 0. The van der Waals surface area contributed by atoms with Crippen molar-refractivity contribution in [3.8, 4) is 0 Å². The molecular formula is C20H28N2O3. The largest absolute Gasteiger partial charge is 0.348 e. The van der Waals surface area contributed by atoms with Crippen molar-refractivity contribution >= 4 is 5.91 Å². The van der Waals surface area contributed by atoms with Gasteiger partial charge in [0.15, 0.2) is 5.79 Å². The Kier molecular flexibility index (Phi) is 4.80. The summed E-state index contributed by atoms with van der Waals surface area (Å²) in [5, 5.41) is 3.87. The van der Waals surface area contributed by atoms with Crippen molar-refractivity contribution in [2.45, 2.75) is 63.4 Å². The second kappa shape index (κ2) is 7.06. The van der Waals surface area contributed by atoms with E-state index >= 15 is 0 Å². The maximum atomic E-state index is 11.9. The predicted octanol–water partition coefficient (Wildman–Crippen LogP) is 2.76. The minimum Gasteiger partial charge on any atom is -0.348 e. The highest BCUT2D eigenvalue weighted by atomic mass is 16.7. The Labute approximate surface area is 149 Å². The third kappa shape index (κ3) is 3.59. The highest BCUT2D eigenvalue weighted by Crippen LogP contribution is 2.37.